The van der Waals surface area contributed by atoms with E-state index in [4.69, 9.17) is 9.98 Å². The van der Waals surface area contributed by atoms with Gasteiger partial charge in [0.15, 0.2) is 0 Å². The second-order valence-corrected chi connectivity index (χ2v) is 12.2. The largest absolute Gasteiger partial charge is 0.252 e. The molecule has 0 unspecified atom stereocenters. The molecule has 4 aliphatic rings. The SMILES string of the molecule is c1ccc2c(c1)Cc1cc(C3=Nc4cc5cc6c(cc5cc4C3)N=C(c3ccc4c(c3)Cc3ccccc3-4)C6)ccc1-2. The fourth-order valence-electron chi connectivity index (χ4n) is 7.62. The number of rotatable bonds is 2. The molecular weight excluding hydrogens is 508 g/mol. The van der Waals surface area contributed by atoms with E-state index in [1.807, 2.05) is 0 Å². The molecule has 0 saturated heterocycles. The average Bonchev–Trinajstić information content (AvgIpc) is 3.79. The van der Waals surface area contributed by atoms with Gasteiger partial charge in [-0.2, -0.15) is 0 Å². The molecule has 6 aromatic carbocycles. The lowest BCUT2D eigenvalue weighted by molar-refractivity contribution is 1.26. The smallest absolute Gasteiger partial charge is 0.0675 e. The Balaban J connectivity index is 0.948. The molecule has 2 aliphatic heterocycles. The Morgan fingerprint density at radius 2 is 0.810 bits per heavy atom. The van der Waals surface area contributed by atoms with Crippen molar-refractivity contribution in [1.82, 2.24) is 0 Å². The van der Waals surface area contributed by atoms with Crippen LogP contribution in [0.15, 0.2) is 119 Å². The van der Waals surface area contributed by atoms with Crippen molar-refractivity contribution in [2.45, 2.75) is 25.7 Å². The third kappa shape index (κ3) is 3.27. The summed E-state index contributed by atoms with van der Waals surface area (Å²) >= 11 is 0. The van der Waals surface area contributed by atoms with Crippen LogP contribution in [-0.2, 0) is 25.7 Å². The highest BCUT2D eigenvalue weighted by molar-refractivity contribution is 6.10. The second-order valence-electron chi connectivity index (χ2n) is 12.2. The normalized spacial score (nSPS) is 15.0. The van der Waals surface area contributed by atoms with E-state index >= 15 is 0 Å². The standard InChI is InChI=1S/C40H26N2/c1-3-7-33-23(5-1)13-29-15-25(9-11-35(29)33)37-21-31-17-27-20-40-32(18-28(27)19-39(31)41-37)22-38(42-40)26-10-12-36-30(16-26)14-24-6-2-4-8-34(24)36/h1-12,15-20H,13-14,21-22H2. The van der Waals surface area contributed by atoms with Crippen molar-refractivity contribution >= 4 is 33.6 Å². The Bertz CT molecular complexity index is 2090. The van der Waals surface area contributed by atoms with Gasteiger partial charge < -0.3 is 0 Å². The molecule has 0 bridgehead atoms. The van der Waals surface area contributed by atoms with Gasteiger partial charge in [0, 0.05) is 12.8 Å². The van der Waals surface area contributed by atoms with Crippen molar-refractivity contribution in [3.8, 4) is 22.3 Å². The minimum absolute atomic E-state index is 0.875. The highest BCUT2D eigenvalue weighted by atomic mass is 14.8. The summed E-state index contributed by atoms with van der Waals surface area (Å²) in [7, 11) is 0. The molecule has 2 heterocycles. The zero-order valence-electron chi connectivity index (χ0n) is 23.1. The molecule has 42 heavy (non-hydrogen) atoms. The second kappa shape index (κ2) is 8.24. The van der Waals surface area contributed by atoms with Crippen LogP contribution >= 0.6 is 0 Å². The third-order valence-electron chi connectivity index (χ3n) is 9.72. The lowest BCUT2D eigenvalue weighted by Crippen LogP contribution is -2.01. The number of aliphatic imine (C=N–C) groups is 2. The van der Waals surface area contributed by atoms with Crippen molar-refractivity contribution in [2.24, 2.45) is 9.98 Å². The van der Waals surface area contributed by atoms with Gasteiger partial charge >= 0.3 is 0 Å². The summed E-state index contributed by atoms with van der Waals surface area (Å²) in [6.45, 7) is 0. The first-order valence-electron chi connectivity index (χ1n) is 14.9. The van der Waals surface area contributed by atoms with E-state index in [9.17, 15) is 0 Å². The summed E-state index contributed by atoms with van der Waals surface area (Å²) in [5.41, 5.74) is 20.8. The average molecular weight is 535 g/mol. The molecule has 196 valence electrons. The van der Waals surface area contributed by atoms with Gasteiger partial charge in [-0.3, -0.25) is 9.98 Å². The van der Waals surface area contributed by atoms with Crippen LogP contribution in [0.25, 0.3) is 33.0 Å². The van der Waals surface area contributed by atoms with E-state index in [0.29, 0.717) is 0 Å². The Morgan fingerprint density at radius 1 is 0.357 bits per heavy atom. The molecule has 0 fully saturated rings. The molecule has 0 spiro atoms. The summed E-state index contributed by atoms with van der Waals surface area (Å²) in [5, 5.41) is 2.51. The molecule has 2 aliphatic carbocycles. The van der Waals surface area contributed by atoms with Crippen molar-refractivity contribution in [3.63, 3.8) is 0 Å². The Kier molecular flexibility index (Phi) is 4.43. The molecule has 0 saturated carbocycles. The van der Waals surface area contributed by atoms with Crippen LogP contribution < -0.4 is 0 Å². The fraction of sp³-hybridized carbons (Fsp3) is 0.100. The minimum atomic E-state index is 0.875. The van der Waals surface area contributed by atoms with Gasteiger partial charge in [0.25, 0.3) is 0 Å². The number of fused-ring (bicyclic) bond motifs is 9. The Morgan fingerprint density at radius 3 is 1.31 bits per heavy atom. The van der Waals surface area contributed by atoms with Gasteiger partial charge in [-0.15, -0.1) is 0 Å². The summed E-state index contributed by atoms with van der Waals surface area (Å²) < 4.78 is 0. The van der Waals surface area contributed by atoms with Crippen LogP contribution in [0.1, 0.15) is 44.5 Å². The predicted octanol–water partition coefficient (Wildman–Crippen LogP) is 9.34. The molecule has 0 radical (unpaired) electrons. The molecule has 0 N–H and O–H groups in total. The fourth-order valence-corrected chi connectivity index (χ4v) is 7.62. The molecular formula is C40H26N2. The van der Waals surface area contributed by atoms with Crippen molar-refractivity contribution in [3.05, 3.63) is 154 Å². The summed E-state index contributed by atoms with van der Waals surface area (Å²) in [6, 6.07) is 40.6. The molecule has 2 heteroatoms. The third-order valence-corrected chi connectivity index (χ3v) is 9.72. The van der Waals surface area contributed by atoms with Crippen molar-refractivity contribution < 1.29 is 0 Å². The number of benzene rings is 6. The van der Waals surface area contributed by atoms with Crippen LogP contribution in [0.4, 0.5) is 11.4 Å². The van der Waals surface area contributed by atoms with E-state index in [1.165, 1.54) is 89.0 Å². The van der Waals surface area contributed by atoms with Gasteiger partial charge in [-0.25, -0.2) is 0 Å². The van der Waals surface area contributed by atoms with E-state index in [2.05, 4.69) is 109 Å². The highest BCUT2D eigenvalue weighted by Crippen LogP contribution is 2.41. The lowest BCUT2D eigenvalue weighted by atomic mass is 9.96. The first kappa shape index (κ1) is 22.6. The van der Waals surface area contributed by atoms with Crippen LogP contribution in [0.2, 0.25) is 0 Å². The van der Waals surface area contributed by atoms with E-state index in [0.717, 1.165) is 37.1 Å². The maximum atomic E-state index is 5.14. The molecule has 0 amide bonds. The van der Waals surface area contributed by atoms with Gasteiger partial charge in [0.2, 0.25) is 0 Å². The van der Waals surface area contributed by atoms with E-state index < -0.39 is 0 Å². The summed E-state index contributed by atoms with van der Waals surface area (Å²) in [6.07, 6.45) is 3.77. The first-order chi connectivity index (χ1) is 20.7. The van der Waals surface area contributed by atoms with Gasteiger partial charge in [-0.05, 0) is 127 Å². The van der Waals surface area contributed by atoms with Gasteiger partial charge in [-0.1, -0.05) is 72.8 Å². The Labute approximate surface area is 244 Å². The maximum absolute atomic E-state index is 5.14. The Hall–Kier alpha value is -5.08. The molecule has 6 aromatic rings. The van der Waals surface area contributed by atoms with Crippen LogP contribution in [0.3, 0.4) is 0 Å². The molecule has 10 rings (SSSR count). The zero-order chi connectivity index (χ0) is 27.4. The first-order valence-corrected chi connectivity index (χ1v) is 14.9. The van der Waals surface area contributed by atoms with Crippen molar-refractivity contribution in [2.75, 3.05) is 0 Å². The maximum Gasteiger partial charge on any atom is 0.0675 e. The van der Waals surface area contributed by atoms with Crippen LogP contribution in [0, 0.1) is 0 Å². The molecule has 2 nitrogen and oxygen atoms in total. The molecule has 0 atom stereocenters. The van der Waals surface area contributed by atoms with Crippen LogP contribution in [0.5, 0.6) is 0 Å². The number of hydrogen-bond acceptors (Lipinski definition) is 2. The van der Waals surface area contributed by atoms with Gasteiger partial charge in [0.05, 0.1) is 22.8 Å². The lowest BCUT2D eigenvalue weighted by Gasteiger charge is -2.06. The van der Waals surface area contributed by atoms with Crippen LogP contribution in [-0.4, -0.2) is 11.4 Å². The zero-order valence-corrected chi connectivity index (χ0v) is 23.1. The van der Waals surface area contributed by atoms with E-state index in [1.54, 1.807) is 0 Å². The predicted molar refractivity (Wildman–Crippen MR) is 173 cm³/mol. The monoisotopic (exact) mass is 534 g/mol. The van der Waals surface area contributed by atoms with E-state index in [-0.39, 0.29) is 0 Å². The summed E-state index contributed by atoms with van der Waals surface area (Å²) in [4.78, 5) is 10.3. The minimum Gasteiger partial charge on any atom is -0.252 e. The van der Waals surface area contributed by atoms with Crippen molar-refractivity contribution in [1.29, 1.82) is 0 Å². The summed E-state index contributed by atoms with van der Waals surface area (Å²) in [5.74, 6) is 0. The number of hydrogen-bond donors (Lipinski definition) is 0. The number of nitrogens with zero attached hydrogens (tertiary/aromatic N) is 2. The molecule has 0 aromatic heterocycles. The quantitative estimate of drug-likeness (QED) is 0.211. The topological polar surface area (TPSA) is 24.7 Å². The van der Waals surface area contributed by atoms with Gasteiger partial charge in [0.1, 0.15) is 0 Å². The highest BCUT2D eigenvalue weighted by Gasteiger charge is 2.24.